The van der Waals surface area contributed by atoms with Gasteiger partial charge in [0.25, 0.3) is 0 Å². The summed E-state index contributed by atoms with van der Waals surface area (Å²) in [6.45, 7) is 4.28. The number of furan rings is 1. The van der Waals surface area contributed by atoms with E-state index in [4.69, 9.17) is 16.6 Å². The largest absolute Gasteiger partial charge is 0.469 e. The van der Waals surface area contributed by atoms with Gasteiger partial charge >= 0.3 is 0 Å². The van der Waals surface area contributed by atoms with Crippen LogP contribution in [0.3, 0.4) is 0 Å². The average Bonchev–Trinajstić information content (AvgIpc) is 2.96. The van der Waals surface area contributed by atoms with Crippen molar-refractivity contribution in [2.45, 2.75) is 26.3 Å². The second-order valence-corrected chi connectivity index (χ2v) is 5.29. The standard InChI is InChI=1S/C15H16N2OS/c1-10-5-3-7-13-14(10)17(15(19)16-13)11(2)9-12-6-4-8-18-12/h3-8,11H,9H2,1-2H3,(H,16,19). The highest BCUT2D eigenvalue weighted by molar-refractivity contribution is 7.71. The van der Waals surface area contributed by atoms with Crippen LogP contribution in [0.25, 0.3) is 11.0 Å². The molecule has 0 saturated heterocycles. The molecule has 2 aromatic heterocycles. The lowest BCUT2D eigenvalue weighted by Gasteiger charge is -2.14. The Bertz CT molecular complexity index is 752. The Balaban J connectivity index is 2.09. The van der Waals surface area contributed by atoms with Gasteiger partial charge < -0.3 is 14.0 Å². The van der Waals surface area contributed by atoms with Crippen molar-refractivity contribution in [2.24, 2.45) is 0 Å². The maximum absolute atomic E-state index is 5.46. The van der Waals surface area contributed by atoms with Crippen LogP contribution in [0.5, 0.6) is 0 Å². The van der Waals surface area contributed by atoms with Gasteiger partial charge in [-0.1, -0.05) is 12.1 Å². The van der Waals surface area contributed by atoms with E-state index in [-0.39, 0.29) is 6.04 Å². The molecule has 1 unspecified atom stereocenters. The summed E-state index contributed by atoms with van der Waals surface area (Å²) in [6.07, 6.45) is 2.55. The summed E-state index contributed by atoms with van der Waals surface area (Å²) in [4.78, 5) is 3.28. The van der Waals surface area contributed by atoms with E-state index < -0.39 is 0 Å². The van der Waals surface area contributed by atoms with Crippen LogP contribution in [0.15, 0.2) is 41.0 Å². The van der Waals surface area contributed by atoms with Gasteiger partial charge in [0.15, 0.2) is 4.77 Å². The molecule has 1 atom stereocenters. The zero-order valence-corrected chi connectivity index (χ0v) is 11.8. The summed E-state index contributed by atoms with van der Waals surface area (Å²) in [5, 5.41) is 0. The molecule has 1 N–H and O–H groups in total. The van der Waals surface area contributed by atoms with Crippen LogP contribution < -0.4 is 0 Å². The van der Waals surface area contributed by atoms with E-state index in [0.717, 1.165) is 22.5 Å². The predicted molar refractivity (Wildman–Crippen MR) is 79.0 cm³/mol. The number of nitrogens with zero attached hydrogens (tertiary/aromatic N) is 1. The fourth-order valence-electron chi connectivity index (χ4n) is 2.59. The summed E-state index contributed by atoms with van der Waals surface area (Å²) in [5.41, 5.74) is 3.51. The Hall–Kier alpha value is -1.81. The van der Waals surface area contributed by atoms with Gasteiger partial charge in [0.05, 0.1) is 17.3 Å². The third kappa shape index (κ3) is 2.12. The molecule has 3 nitrogen and oxygen atoms in total. The number of rotatable bonds is 3. The molecule has 0 amide bonds. The molecule has 0 radical (unpaired) electrons. The number of fused-ring (bicyclic) bond motifs is 1. The first kappa shape index (κ1) is 12.2. The van der Waals surface area contributed by atoms with Crippen molar-refractivity contribution in [3.63, 3.8) is 0 Å². The molecule has 0 spiro atoms. The van der Waals surface area contributed by atoms with Gasteiger partial charge in [-0.15, -0.1) is 0 Å². The van der Waals surface area contributed by atoms with Gasteiger partial charge in [-0.05, 0) is 49.8 Å². The minimum Gasteiger partial charge on any atom is -0.469 e. The van der Waals surface area contributed by atoms with Gasteiger partial charge in [-0.2, -0.15) is 0 Å². The highest BCUT2D eigenvalue weighted by Crippen LogP contribution is 2.24. The van der Waals surface area contributed by atoms with Crippen molar-refractivity contribution < 1.29 is 4.42 Å². The maximum atomic E-state index is 5.46. The Kier molecular flexibility index (Phi) is 3.03. The highest BCUT2D eigenvalue weighted by Gasteiger charge is 2.14. The van der Waals surface area contributed by atoms with Crippen molar-refractivity contribution >= 4 is 23.3 Å². The topological polar surface area (TPSA) is 33.9 Å². The number of aromatic nitrogens is 2. The summed E-state index contributed by atoms with van der Waals surface area (Å²) in [7, 11) is 0. The maximum Gasteiger partial charge on any atom is 0.178 e. The summed E-state index contributed by atoms with van der Waals surface area (Å²) in [6, 6.07) is 10.4. The van der Waals surface area contributed by atoms with Crippen LogP contribution in [-0.4, -0.2) is 9.55 Å². The Morgan fingerprint density at radius 3 is 2.89 bits per heavy atom. The van der Waals surface area contributed by atoms with Crippen LogP contribution in [0.1, 0.15) is 24.3 Å². The number of aromatic amines is 1. The van der Waals surface area contributed by atoms with Gasteiger partial charge in [-0.3, -0.25) is 0 Å². The molecule has 4 heteroatoms. The monoisotopic (exact) mass is 272 g/mol. The van der Waals surface area contributed by atoms with Gasteiger partial charge in [0.1, 0.15) is 5.76 Å². The van der Waals surface area contributed by atoms with E-state index >= 15 is 0 Å². The second kappa shape index (κ2) is 4.70. The van der Waals surface area contributed by atoms with Crippen molar-refractivity contribution in [3.05, 3.63) is 52.7 Å². The van der Waals surface area contributed by atoms with Crippen molar-refractivity contribution in [2.75, 3.05) is 0 Å². The number of para-hydroxylation sites is 1. The number of hydrogen-bond acceptors (Lipinski definition) is 2. The van der Waals surface area contributed by atoms with Crippen LogP contribution in [0.4, 0.5) is 0 Å². The number of benzene rings is 1. The van der Waals surface area contributed by atoms with Gasteiger partial charge in [0.2, 0.25) is 0 Å². The second-order valence-electron chi connectivity index (χ2n) is 4.90. The molecule has 19 heavy (non-hydrogen) atoms. The van der Waals surface area contributed by atoms with Crippen LogP contribution in [-0.2, 0) is 6.42 Å². The molecule has 0 bridgehead atoms. The quantitative estimate of drug-likeness (QED) is 0.717. The molecule has 0 aliphatic carbocycles. The van der Waals surface area contributed by atoms with E-state index in [1.165, 1.54) is 11.1 Å². The summed E-state index contributed by atoms with van der Waals surface area (Å²) in [5.74, 6) is 0.984. The minimum atomic E-state index is 0.258. The fraction of sp³-hybridized carbons (Fsp3) is 0.267. The lowest BCUT2D eigenvalue weighted by Crippen LogP contribution is -2.08. The van der Waals surface area contributed by atoms with Crippen LogP contribution in [0.2, 0.25) is 0 Å². The lowest BCUT2D eigenvalue weighted by atomic mass is 10.1. The van der Waals surface area contributed by atoms with E-state index in [0.29, 0.717) is 0 Å². The van der Waals surface area contributed by atoms with E-state index in [1.807, 2.05) is 18.2 Å². The van der Waals surface area contributed by atoms with E-state index in [2.05, 4.69) is 35.5 Å². The molecule has 0 aliphatic rings. The third-order valence-corrected chi connectivity index (χ3v) is 3.76. The Morgan fingerprint density at radius 2 is 2.16 bits per heavy atom. The molecule has 1 aromatic carbocycles. The minimum absolute atomic E-state index is 0.258. The van der Waals surface area contributed by atoms with Gasteiger partial charge in [0, 0.05) is 12.5 Å². The van der Waals surface area contributed by atoms with Crippen LogP contribution in [0, 0.1) is 11.7 Å². The Morgan fingerprint density at radius 1 is 1.32 bits per heavy atom. The SMILES string of the molecule is Cc1cccc2[nH]c(=S)n(C(C)Cc3ccco3)c12. The first-order valence-electron chi connectivity index (χ1n) is 6.39. The first-order chi connectivity index (χ1) is 9.16. The number of aryl methyl sites for hydroxylation is 1. The number of H-pyrrole nitrogens is 1. The molecule has 0 saturated carbocycles. The van der Waals surface area contributed by atoms with Crippen LogP contribution >= 0.6 is 12.2 Å². The third-order valence-electron chi connectivity index (χ3n) is 3.46. The Labute approximate surface area is 116 Å². The predicted octanol–water partition coefficient (Wildman–Crippen LogP) is 4.40. The summed E-state index contributed by atoms with van der Waals surface area (Å²) >= 11 is 5.46. The fourth-order valence-corrected chi connectivity index (χ4v) is 2.97. The molecule has 2 heterocycles. The molecule has 3 rings (SSSR count). The summed E-state index contributed by atoms with van der Waals surface area (Å²) < 4.78 is 8.38. The molecular weight excluding hydrogens is 256 g/mol. The highest BCUT2D eigenvalue weighted by atomic mass is 32.1. The van der Waals surface area contributed by atoms with Gasteiger partial charge in [-0.25, -0.2) is 0 Å². The zero-order chi connectivity index (χ0) is 13.4. The number of hydrogen-bond donors (Lipinski definition) is 1. The number of imidazole rings is 1. The first-order valence-corrected chi connectivity index (χ1v) is 6.80. The normalized spacial score (nSPS) is 12.9. The molecular formula is C15H16N2OS. The zero-order valence-electron chi connectivity index (χ0n) is 11.0. The molecule has 98 valence electrons. The molecule has 0 aliphatic heterocycles. The molecule has 0 fully saturated rings. The lowest BCUT2D eigenvalue weighted by molar-refractivity contribution is 0.451. The smallest absolute Gasteiger partial charge is 0.178 e. The van der Waals surface area contributed by atoms with Crippen molar-refractivity contribution in [1.82, 2.24) is 9.55 Å². The van der Waals surface area contributed by atoms with E-state index in [9.17, 15) is 0 Å². The number of nitrogens with one attached hydrogen (secondary N) is 1. The van der Waals surface area contributed by atoms with Crippen molar-refractivity contribution in [1.29, 1.82) is 0 Å². The van der Waals surface area contributed by atoms with Crippen molar-refractivity contribution in [3.8, 4) is 0 Å². The average molecular weight is 272 g/mol. The van der Waals surface area contributed by atoms with E-state index in [1.54, 1.807) is 6.26 Å². The molecule has 3 aromatic rings.